The van der Waals surface area contributed by atoms with E-state index in [9.17, 15) is 4.79 Å². The van der Waals surface area contributed by atoms with Crippen LogP contribution < -0.4 is 10.5 Å². The number of nitrogens with zero attached hydrogens (tertiary/aromatic N) is 1. The smallest absolute Gasteiger partial charge is 0.225 e. The Morgan fingerprint density at radius 1 is 1.43 bits per heavy atom. The summed E-state index contributed by atoms with van der Waals surface area (Å²) in [7, 11) is 3.55. The second-order valence-corrected chi connectivity index (χ2v) is 6.86. The fraction of sp³-hybridized carbons (Fsp3) is 0.588. The molecule has 2 N–H and O–H groups in total. The van der Waals surface area contributed by atoms with Gasteiger partial charge in [0.2, 0.25) is 5.91 Å². The zero-order chi connectivity index (χ0) is 16.1. The van der Waals surface area contributed by atoms with Crippen molar-refractivity contribution in [1.82, 2.24) is 4.90 Å². The van der Waals surface area contributed by atoms with Gasteiger partial charge in [-0.05, 0) is 43.2 Å². The molecule has 2 unspecified atom stereocenters. The van der Waals surface area contributed by atoms with Crippen LogP contribution in [0, 0.1) is 5.92 Å². The van der Waals surface area contributed by atoms with Crippen molar-refractivity contribution in [3.05, 3.63) is 23.8 Å². The van der Waals surface area contributed by atoms with Gasteiger partial charge in [-0.3, -0.25) is 4.79 Å². The first-order valence-corrected chi connectivity index (χ1v) is 8.99. The molecule has 6 heteroatoms. The lowest BCUT2D eigenvalue weighted by Crippen LogP contribution is -2.38. The first-order chi connectivity index (χ1) is 10.5. The van der Waals surface area contributed by atoms with E-state index in [0.29, 0.717) is 6.54 Å². The molecule has 0 spiro atoms. The average Bonchev–Trinajstić information content (AvgIpc) is 2.53. The zero-order valence-corrected chi connectivity index (χ0v) is 15.7. The van der Waals surface area contributed by atoms with Crippen LogP contribution in [-0.2, 0) is 11.3 Å². The standard InChI is InChI=1S/C17H26N2O2S.ClH/c1-19(17(20)13-5-4-6-14(18)10-13)11-12-7-8-16(22-3)15(9-12)21-2;/h7-9,13-14H,4-6,10-11,18H2,1-3H3;1H. The number of ether oxygens (including phenoxy) is 1. The summed E-state index contributed by atoms with van der Waals surface area (Å²) in [5.41, 5.74) is 7.08. The normalized spacial score (nSPS) is 20.5. The molecule has 0 aromatic heterocycles. The van der Waals surface area contributed by atoms with Crippen molar-refractivity contribution in [3.8, 4) is 5.75 Å². The first kappa shape index (κ1) is 20.1. The van der Waals surface area contributed by atoms with E-state index in [1.807, 2.05) is 30.3 Å². The number of hydrogen-bond acceptors (Lipinski definition) is 4. The number of hydrogen-bond donors (Lipinski definition) is 1. The second-order valence-electron chi connectivity index (χ2n) is 6.01. The van der Waals surface area contributed by atoms with Gasteiger partial charge < -0.3 is 15.4 Å². The predicted octanol–water partition coefficient (Wildman–Crippen LogP) is 3.31. The molecule has 1 aliphatic carbocycles. The Morgan fingerprint density at radius 2 is 2.17 bits per heavy atom. The molecular weight excluding hydrogens is 332 g/mol. The quantitative estimate of drug-likeness (QED) is 0.820. The minimum Gasteiger partial charge on any atom is -0.496 e. The lowest BCUT2D eigenvalue weighted by molar-refractivity contribution is -0.135. The molecule has 130 valence electrons. The number of nitrogens with two attached hydrogens (primary N) is 1. The molecule has 23 heavy (non-hydrogen) atoms. The molecule has 1 fully saturated rings. The van der Waals surface area contributed by atoms with E-state index < -0.39 is 0 Å². The van der Waals surface area contributed by atoms with Gasteiger partial charge in [0.1, 0.15) is 5.75 Å². The Balaban J connectivity index is 0.00000264. The van der Waals surface area contributed by atoms with E-state index in [4.69, 9.17) is 10.5 Å². The number of rotatable bonds is 5. The van der Waals surface area contributed by atoms with Crippen molar-refractivity contribution in [2.45, 2.75) is 43.2 Å². The molecule has 0 radical (unpaired) electrons. The third-order valence-corrected chi connectivity index (χ3v) is 5.09. The van der Waals surface area contributed by atoms with Crippen molar-refractivity contribution in [1.29, 1.82) is 0 Å². The maximum atomic E-state index is 12.6. The summed E-state index contributed by atoms with van der Waals surface area (Å²) in [5, 5.41) is 0. The van der Waals surface area contributed by atoms with Crippen LogP contribution in [0.2, 0.25) is 0 Å². The molecule has 0 aliphatic heterocycles. The van der Waals surface area contributed by atoms with E-state index in [0.717, 1.165) is 41.9 Å². The third kappa shape index (κ3) is 5.30. The Hall–Kier alpha value is -0.910. The monoisotopic (exact) mass is 358 g/mol. The summed E-state index contributed by atoms with van der Waals surface area (Å²) in [6.45, 7) is 0.607. The topological polar surface area (TPSA) is 55.6 Å². The summed E-state index contributed by atoms with van der Waals surface area (Å²) in [6.07, 6.45) is 5.91. The highest BCUT2D eigenvalue weighted by atomic mass is 35.5. The Labute approximate surface area is 149 Å². The van der Waals surface area contributed by atoms with Crippen molar-refractivity contribution >= 4 is 30.1 Å². The number of carbonyl (C=O) groups excluding carboxylic acids is 1. The van der Waals surface area contributed by atoms with Gasteiger partial charge in [0.15, 0.2) is 0 Å². The lowest BCUT2D eigenvalue weighted by atomic mass is 9.85. The van der Waals surface area contributed by atoms with E-state index in [1.165, 1.54) is 0 Å². The molecule has 1 aromatic rings. The highest BCUT2D eigenvalue weighted by Crippen LogP contribution is 2.29. The Morgan fingerprint density at radius 3 is 2.78 bits per heavy atom. The van der Waals surface area contributed by atoms with Crippen LogP contribution in [0.25, 0.3) is 0 Å². The van der Waals surface area contributed by atoms with Gasteiger partial charge in [-0.15, -0.1) is 24.2 Å². The highest BCUT2D eigenvalue weighted by Gasteiger charge is 2.27. The summed E-state index contributed by atoms with van der Waals surface area (Å²) >= 11 is 1.66. The van der Waals surface area contributed by atoms with Crippen LogP contribution in [0.1, 0.15) is 31.2 Å². The molecule has 2 atom stereocenters. The summed E-state index contributed by atoms with van der Waals surface area (Å²) in [5.74, 6) is 1.16. The SMILES string of the molecule is COc1cc(CN(C)C(=O)C2CCCC(N)C2)ccc1SC.Cl. The van der Waals surface area contributed by atoms with Gasteiger partial charge in [0, 0.05) is 30.4 Å². The van der Waals surface area contributed by atoms with Gasteiger partial charge in [-0.1, -0.05) is 12.5 Å². The number of thioether (sulfide) groups is 1. The van der Waals surface area contributed by atoms with Crippen LogP contribution in [0.5, 0.6) is 5.75 Å². The van der Waals surface area contributed by atoms with Gasteiger partial charge in [-0.2, -0.15) is 0 Å². The van der Waals surface area contributed by atoms with Gasteiger partial charge >= 0.3 is 0 Å². The van der Waals surface area contributed by atoms with E-state index in [-0.39, 0.29) is 30.3 Å². The highest BCUT2D eigenvalue weighted by molar-refractivity contribution is 7.98. The molecular formula is C17H27ClN2O2S. The van der Waals surface area contributed by atoms with Gasteiger partial charge in [0.05, 0.1) is 7.11 Å². The van der Waals surface area contributed by atoms with Gasteiger partial charge in [0.25, 0.3) is 0 Å². The first-order valence-electron chi connectivity index (χ1n) is 7.76. The van der Waals surface area contributed by atoms with Crippen molar-refractivity contribution in [2.24, 2.45) is 11.7 Å². The minimum absolute atomic E-state index is 0. The number of carbonyl (C=O) groups is 1. The lowest BCUT2D eigenvalue weighted by Gasteiger charge is -2.29. The molecule has 1 aromatic carbocycles. The predicted molar refractivity (Wildman–Crippen MR) is 98.4 cm³/mol. The summed E-state index contributed by atoms with van der Waals surface area (Å²) < 4.78 is 5.41. The van der Waals surface area contributed by atoms with Crippen LogP contribution in [-0.4, -0.2) is 37.3 Å². The number of methoxy groups -OCH3 is 1. The van der Waals surface area contributed by atoms with Crippen LogP contribution in [0.3, 0.4) is 0 Å². The van der Waals surface area contributed by atoms with E-state index in [1.54, 1.807) is 18.9 Å². The molecule has 0 saturated heterocycles. The zero-order valence-electron chi connectivity index (χ0n) is 14.1. The molecule has 2 rings (SSSR count). The number of amides is 1. The van der Waals surface area contributed by atoms with Crippen LogP contribution >= 0.6 is 24.2 Å². The van der Waals surface area contributed by atoms with Gasteiger partial charge in [-0.25, -0.2) is 0 Å². The Bertz CT molecular complexity index is 527. The molecule has 0 heterocycles. The maximum Gasteiger partial charge on any atom is 0.225 e. The van der Waals surface area contributed by atoms with Crippen molar-refractivity contribution in [3.63, 3.8) is 0 Å². The molecule has 1 saturated carbocycles. The largest absolute Gasteiger partial charge is 0.496 e. The summed E-state index contributed by atoms with van der Waals surface area (Å²) in [6, 6.07) is 6.30. The molecule has 1 amide bonds. The second kappa shape index (κ2) is 9.40. The molecule has 0 bridgehead atoms. The van der Waals surface area contributed by atoms with Crippen LogP contribution in [0.15, 0.2) is 23.1 Å². The fourth-order valence-corrected chi connectivity index (χ4v) is 3.64. The maximum absolute atomic E-state index is 12.6. The van der Waals surface area contributed by atoms with Crippen LogP contribution in [0.4, 0.5) is 0 Å². The number of benzene rings is 1. The Kier molecular flexibility index (Phi) is 8.23. The van der Waals surface area contributed by atoms with Crippen molar-refractivity contribution in [2.75, 3.05) is 20.4 Å². The fourth-order valence-electron chi connectivity index (χ4n) is 3.09. The van der Waals surface area contributed by atoms with E-state index >= 15 is 0 Å². The number of halogens is 1. The molecule has 1 aliphatic rings. The minimum atomic E-state index is 0. The van der Waals surface area contributed by atoms with E-state index in [2.05, 4.69) is 6.07 Å². The summed E-state index contributed by atoms with van der Waals surface area (Å²) in [4.78, 5) is 15.5. The van der Waals surface area contributed by atoms with Crippen molar-refractivity contribution < 1.29 is 9.53 Å². The average molecular weight is 359 g/mol. The molecule has 4 nitrogen and oxygen atoms in total. The third-order valence-electron chi connectivity index (χ3n) is 4.31.